The van der Waals surface area contributed by atoms with Gasteiger partial charge in [-0.3, -0.25) is 4.79 Å². The number of aryl methyl sites for hydroxylation is 2. The fourth-order valence-corrected chi connectivity index (χ4v) is 2.89. The first-order valence-electron chi connectivity index (χ1n) is 7.16. The van der Waals surface area contributed by atoms with Crippen molar-refractivity contribution in [1.82, 2.24) is 0 Å². The van der Waals surface area contributed by atoms with Crippen molar-refractivity contribution < 1.29 is 9.21 Å². The van der Waals surface area contributed by atoms with Crippen molar-refractivity contribution in [2.75, 3.05) is 5.32 Å². The molecular weight excluding hydrogens is 333 g/mol. The Morgan fingerprint density at radius 1 is 1.13 bits per heavy atom. The van der Waals surface area contributed by atoms with Crippen molar-refractivity contribution in [2.45, 2.75) is 20.3 Å². The number of furan rings is 1. The minimum Gasteiger partial charge on any atom is -0.464 e. The molecule has 1 amide bonds. The molecule has 0 bridgehead atoms. The fourth-order valence-electron chi connectivity index (χ4n) is 2.43. The van der Waals surface area contributed by atoms with Gasteiger partial charge in [0.15, 0.2) is 0 Å². The van der Waals surface area contributed by atoms with Crippen LogP contribution in [-0.4, -0.2) is 5.91 Å². The quantitative estimate of drug-likeness (QED) is 0.675. The molecule has 1 aromatic heterocycles. The van der Waals surface area contributed by atoms with Gasteiger partial charge in [0.25, 0.3) is 0 Å². The van der Waals surface area contributed by atoms with Gasteiger partial charge >= 0.3 is 0 Å². The Balaban J connectivity index is 1.81. The van der Waals surface area contributed by atoms with Crippen LogP contribution in [0.3, 0.4) is 0 Å². The Morgan fingerprint density at radius 3 is 2.61 bits per heavy atom. The van der Waals surface area contributed by atoms with E-state index in [-0.39, 0.29) is 12.3 Å². The molecule has 23 heavy (non-hydrogen) atoms. The third-order valence-corrected chi connectivity index (χ3v) is 4.37. The van der Waals surface area contributed by atoms with Gasteiger partial charge in [-0.15, -0.1) is 0 Å². The Hall–Kier alpha value is -1.97. The lowest BCUT2D eigenvalue weighted by Gasteiger charge is -2.07. The van der Waals surface area contributed by atoms with Gasteiger partial charge in [0.05, 0.1) is 23.4 Å². The topological polar surface area (TPSA) is 42.2 Å². The average Bonchev–Trinajstić information content (AvgIpc) is 2.85. The van der Waals surface area contributed by atoms with Crippen LogP contribution >= 0.6 is 23.2 Å². The number of fused-ring (bicyclic) bond motifs is 1. The molecule has 1 heterocycles. The fraction of sp³-hybridized carbons (Fsp3) is 0.167. The zero-order chi connectivity index (χ0) is 16.6. The highest BCUT2D eigenvalue weighted by atomic mass is 35.5. The predicted octanol–water partition coefficient (Wildman–Crippen LogP) is 5.54. The lowest BCUT2D eigenvalue weighted by molar-refractivity contribution is -0.115. The molecule has 2 aromatic carbocycles. The Morgan fingerprint density at radius 2 is 1.87 bits per heavy atom. The summed E-state index contributed by atoms with van der Waals surface area (Å²) in [5, 5.41) is 4.70. The molecule has 0 aliphatic rings. The van der Waals surface area contributed by atoms with E-state index >= 15 is 0 Å². The minimum atomic E-state index is -0.157. The molecule has 0 radical (unpaired) electrons. The molecule has 0 saturated carbocycles. The summed E-state index contributed by atoms with van der Waals surface area (Å²) in [4.78, 5) is 12.3. The number of carbonyl (C=O) groups excluding carboxylic acids is 1. The number of nitrogens with one attached hydrogen (secondary N) is 1. The van der Waals surface area contributed by atoms with Crippen LogP contribution in [0, 0.1) is 13.8 Å². The molecule has 118 valence electrons. The van der Waals surface area contributed by atoms with E-state index in [2.05, 4.69) is 5.32 Å². The predicted molar refractivity (Wildman–Crippen MR) is 94.5 cm³/mol. The van der Waals surface area contributed by atoms with E-state index in [0.717, 1.165) is 22.1 Å². The highest BCUT2D eigenvalue weighted by Crippen LogP contribution is 2.27. The lowest BCUT2D eigenvalue weighted by Crippen LogP contribution is -2.14. The van der Waals surface area contributed by atoms with Crippen LogP contribution in [0.5, 0.6) is 0 Å². The number of rotatable bonds is 3. The van der Waals surface area contributed by atoms with Crippen molar-refractivity contribution in [1.29, 1.82) is 0 Å². The average molecular weight is 348 g/mol. The first-order chi connectivity index (χ1) is 10.9. The molecule has 3 rings (SSSR count). The van der Waals surface area contributed by atoms with E-state index in [9.17, 15) is 4.79 Å². The number of anilines is 1. The Kier molecular flexibility index (Phi) is 4.33. The summed E-state index contributed by atoms with van der Waals surface area (Å²) in [7, 11) is 0. The van der Waals surface area contributed by atoms with E-state index in [1.54, 1.807) is 24.5 Å². The van der Waals surface area contributed by atoms with E-state index in [1.807, 2.05) is 26.0 Å². The van der Waals surface area contributed by atoms with E-state index in [4.69, 9.17) is 27.6 Å². The van der Waals surface area contributed by atoms with Crippen molar-refractivity contribution in [3.05, 3.63) is 63.3 Å². The van der Waals surface area contributed by atoms with Crippen LogP contribution in [0.15, 0.2) is 41.0 Å². The number of benzene rings is 2. The largest absolute Gasteiger partial charge is 0.464 e. The third-order valence-electron chi connectivity index (χ3n) is 3.83. The van der Waals surface area contributed by atoms with Gasteiger partial charge < -0.3 is 9.73 Å². The number of halogens is 2. The van der Waals surface area contributed by atoms with Crippen LogP contribution in [0.1, 0.15) is 16.7 Å². The van der Waals surface area contributed by atoms with E-state index in [0.29, 0.717) is 15.7 Å². The smallest absolute Gasteiger partial charge is 0.228 e. The van der Waals surface area contributed by atoms with Crippen LogP contribution in [-0.2, 0) is 11.2 Å². The number of amides is 1. The van der Waals surface area contributed by atoms with E-state index < -0.39 is 0 Å². The number of hydrogen-bond donors (Lipinski definition) is 1. The van der Waals surface area contributed by atoms with Gasteiger partial charge in [-0.05, 0) is 55.3 Å². The normalized spacial score (nSPS) is 11.0. The highest BCUT2D eigenvalue weighted by molar-refractivity contribution is 6.36. The summed E-state index contributed by atoms with van der Waals surface area (Å²) in [5.41, 5.74) is 4.52. The maximum absolute atomic E-state index is 12.3. The third kappa shape index (κ3) is 3.36. The minimum absolute atomic E-state index is 0.157. The summed E-state index contributed by atoms with van der Waals surface area (Å²) >= 11 is 11.9. The molecule has 0 spiro atoms. The Labute approximate surface area is 144 Å². The second kappa shape index (κ2) is 6.26. The lowest BCUT2D eigenvalue weighted by atomic mass is 10.0. The van der Waals surface area contributed by atoms with Crippen molar-refractivity contribution in [3.8, 4) is 0 Å². The molecule has 3 nitrogen and oxygen atoms in total. The first kappa shape index (κ1) is 15.9. The van der Waals surface area contributed by atoms with Crippen LogP contribution in [0.4, 0.5) is 5.69 Å². The first-order valence-corrected chi connectivity index (χ1v) is 7.92. The molecule has 0 aliphatic carbocycles. The van der Waals surface area contributed by atoms with Crippen molar-refractivity contribution in [2.24, 2.45) is 0 Å². The number of carbonyl (C=O) groups is 1. The molecule has 5 heteroatoms. The number of hydrogen-bond acceptors (Lipinski definition) is 2. The van der Waals surface area contributed by atoms with Gasteiger partial charge in [0.1, 0.15) is 5.58 Å². The maximum atomic E-state index is 12.3. The Bertz CT molecular complexity index is 899. The second-order valence-electron chi connectivity index (χ2n) is 5.54. The van der Waals surface area contributed by atoms with Crippen molar-refractivity contribution >= 4 is 45.8 Å². The molecule has 0 aliphatic heterocycles. The molecule has 0 saturated heterocycles. The maximum Gasteiger partial charge on any atom is 0.228 e. The second-order valence-corrected chi connectivity index (χ2v) is 6.39. The SMILES string of the molecule is Cc1cc2occ(CC(=O)Nc3ccc(Cl)cc3Cl)c2cc1C. The van der Waals surface area contributed by atoms with Crippen LogP contribution < -0.4 is 5.32 Å². The summed E-state index contributed by atoms with van der Waals surface area (Å²) in [5.74, 6) is -0.157. The van der Waals surface area contributed by atoms with Gasteiger partial charge in [-0.25, -0.2) is 0 Å². The van der Waals surface area contributed by atoms with Gasteiger partial charge in [-0.2, -0.15) is 0 Å². The van der Waals surface area contributed by atoms with Gasteiger partial charge in [-0.1, -0.05) is 23.2 Å². The summed E-state index contributed by atoms with van der Waals surface area (Å²) in [6, 6.07) is 9.00. The monoisotopic (exact) mass is 347 g/mol. The standard InChI is InChI=1S/C18H15Cl2NO2/c1-10-5-14-12(9-23-17(14)6-11(10)2)7-18(22)21-16-4-3-13(19)8-15(16)20/h3-6,8-9H,7H2,1-2H3,(H,21,22). The van der Waals surface area contributed by atoms with Crippen LogP contribution in [0.25, 0.3) is 11.0 Å². The molecule has 0 unspecified atom stereocenters. The summed E-state index contributed by atoms with van der Waals surface area (Å²) in [6.45, 7) is 4.07. The summed E-state index contributed by atoms with van der Waals surface area (Å²) in [6.07, 6.45) is 1.85. The molecule has 0 fully saturated rings. The van der Waals surface area contributed by atoms with Crippen LogP contribution in [0.2, 0.25) is 10.0 Å². The van der Waals surface area contributed by atoms with E-state index in [1.165, 1.54) is 5.56 Å². The van der Waals surface area contributed by atoms with Crippen molar-refractivity contribution in [3.63, 3.8) is 0 Å². The zero-order valence-corrected chi connectivity index (χ0v) is 14.3. The summed E-state index contributed by atoms with van der Waals surface area (Å²) < 4.78 is 5.55. The molecule has 0 atom stereocenters. The highest BCUT2D eigenvalue weighted by Gasteiger charge is 2.13. The molecular formula is C18H15Cl2NO2. The molecule has 3 aromatic rings. The van der Waals surface area contributed by atoms with Gasteiger partial charge in [0, 0.05) is 16.0 Å². The molecule has 1 N–H and O–H groups in total. The van der Waals surface area contributed by atoms with Gasteiger partial charge in [0.2, 0.25) is 5.91 Å². The zero-order valence-electron chi connectivity index (χ0n) is 12.7.